The standard InChI is InChI=1S/C13H17I/c14-10-11-6-8-13(9-7-11)12-4-2-1-3-5-12/h6-9,12H,1-5,10H2. The summed E-state index contributed by atoms with van der Waals surface area (Å²) in [6.07, 6.45) is 7.12. The number of rotatable bonds is 2. The molecule has 1 heteroatoms. The van der Waals surface area contributed by atoms with E-state index in [1.54, 1.807) is 5.56 Å². The van der Waals surface area contributed by atoms with E-state index in [-0.39, 0.29) is 0 Å². The molecule has 1 aliphatic carbocycles. The smallest absolute Gasteiger partial charge is 0.0247 e. The summed E-state index contributed by atoms with van der Waals surface area (Å²) in [6.45, 7) is 0. The van der Waals surface area contributed by atoms with Crippen LogP contribution in [0, 0.1) is 0 Å². The minimum Gasteiger partial charge on any atom is -0.0812 e. The highest BCUT2D eigenvalue weighted by Crippen LogP contribution is 2.32. The fourth-order valence-electron chi connectivity index (χ4n) is 2.31. The highest BCUT2D eigenvalue weighted by Gasteiger charge is 2.14. The lowest BCUT2D eigenvalue weighted by Gasteiger charge is -2.21. The first-order valence-electron chi connectivity index (χ1n) is 5.55. The summed E-state index contributed by atoms with van der Waals surface area (Å²) in [4.78, 5) is 0. The van der Waals surface area contributed by atoms with Crippen LogP contribution in [0.3, 0.4) is 0 Å². The first-order valence-corrected chi connectivity index (χ1v) is 7.07. The third-order valence-corrected chi connectivity index (χ3v) is 4.09. The molecule has 76 valence electrons. The zero-order valence-electron chi connectivity index (χ0n) is 8.51. The minimum absolute atomic E-state index is 0.854. The van der Waals surface area contributed by atoms with E-state index >= 15 is 0 Å². The molecule has 0 saturated heterocycles. The Morgan fingerprint density at radius 1 is 1.00 bits per heavy atom. The van der Waals surface area contributed by atoms with Gasteiger partial charge in [-0.05, 0) is 29.9 Å². The van der Waals surface area contributed by atoms with E-state index in [1.807, 2.05) is 0 Å². The van der Waals surface area contributed by atoms with Crippen LogP contribution in [0.2, 0.25) is 0 Å². The van der Waals surface area contributed by atoms with Crippen molar-refractivity contribution in [2.24, 2.45) is 0 Å². The molecular weight excluding hydrogens is 283 g/mol. The van der Waals surface area contributed by atoms with E-state index in [4.69, 9.17) is 0 Å². The molecule has 1 saturated carbocycles. The molecule has 0 radical (unpaired) electrons. The molecule has 0 atom stereocenters. The molecule has 0 aromatic heterocycles. The average molecular weight is 300 g/mol. The highest BCUT2D eigenvalue weighted by molar-refractivity contribution is 14.1. The van der Waals surface area contributed by atoms with E-state index in [2.05, 4.69) is 46.9 Å². The van der Waals surface area contributed by atoms with Crippen LogP contribution in [0.15, 0.2) is 24.3 Å². The first-order chi connectivity index (χ1) is 6.90. The first kappa shape index (κ1) is 10.5. The van der Waals surface area contributed by atoms with Crippen LogP contribution < -0.4 is 0 Å². The molecule has 1 fully saturated rings. The largest absolute Gasteiger partial charge is 0.0812 e. The van der Waals surface area contributed by atoms with Crippen molar-refractivity contribution in [2.75, 3.05) is 0 Å². The molecule has 1 aromatic rings. The van der Waals surface area contributed by atoms with Crippen molar-refractivity contribution >= 4 is 22.6 Å². The lowest BCUT2D eigenvalue weighted by molar-refractivity contribution is 0.443. The van der Waals surface area contributed by atoms with Crippen molar-refractivity contribution in [1.29, 1.82) is 0 Å². The van der Waals surface area contributed by atoms with E-state index in [0.717, 1.165) is 10.3 Å². The van der Waals surface area contributed by atoms with Crippen LogP contribution in [0.1, 0.15) is 49.1 Å². The van der Waals surface area contributed by atoms with E-state index in [9.17, 15) is 0 Å². The van der Waals surface area contributed by atoms with Gasteiger partial charge in [-0.1, -0.05) is 66.1 Å². The fraction of sp³-hybridized carbons (Fsp3) is 0.538. The second-order valence-corrected chi connectivity index (χ2v) is 4.97. The van der Waals surface area contributed by atoms with Gasteiger partial charge in [-0.25, -0.2) is 0 Å². The minimum atomic E-state index is 0.854. The normalized spacial score (nSPS) is 18.4. The molecule has 0 unspecified atom stereocenters. The Hall–Kier alpha value is -0.0500. The molecule has 2 rings (SSSR count). The van der Waals surface area contributed by atoms with E-state index in [1.165, 1.54) is 37.7 Å². The van der Waals surface area contributed by atoms with E-state index < -0.39 is 0 Å². The van der Waals surface area contributed by atoms with Gasteiger partial charge in [0.15, 0.2) is 0 Å². The van der Waals surface area contributed by atoms with Gasteiger partial charge in [0.2, 0.25) is 0 Å². The van der Waals surface area contributed by atoms with Crippen LogP contribution in [0.5, 0.6) is 0 Å². The molecule has 1 aliphatic rings. The summed E-state index contributed by atoms with van der Waals surface area (Å²) < 4.78 is 1.13. The average Bonchev–Trinajstić information content (AvgIpc) is 2.30. The Morgan fingerprint density at radius 3 is 2.21 bits per heavy atom. The van der Waals surface area contributed by atoms with E-state index in [0.29, 0.717) is 0 Å². The van der Waals surface area contributed by atoms with Gasteiger partial charge in [0.25, 0.3) is 0 Å². The summed E-state index contributed by atoms with van der Waals surface area (Å²) in [5, 5.41) is 0. The zero-order valence-corrected chi connectivity index (χ0v) is 10.7. The quantitative estimate of drug-likeness (QED) is 0.550. The number of alkyl halides is 1. The van der Waals surface area contributed by atoms with Crippen LogP contribution in [-0.2, 0) is 4.43 Å². The van der Waals surface area contributed by atoms with Crippen LogP contribution in [0.25, 0.3) is 0 Å². The maximum Gasteiger partial charge on any atom is 0.0247 e. The maximum absolute atomic E-state index is 2.42. The van der Waals surface area contributed by atoms with Crippen LogP contribution in [-0.4, -0.2) is 0 Å². The lowest BCUT2D eigenvalue weighted by atomic mass is 9.84. The van der Waals surface area contributed by atoms with Crippen molar-refractivity contribution < 1.29 is 0 Å². The van der Waals surface area contributed by atoms with Gasteiger partial charge in [0.05, 0.1) is 0 Å². The molecule has 0 aliphatic heterocycles. The maximum atomic E-state index is 2.42. The van der Waals surface area contributed by atoms with Crippen molar-refractivity contribution in [3.05, 3.63) is 35.4 Å². The van der Waals surface area contributed by atoms with Crippen LogP contribution in [0.4, 0.5) is 0 Å². The second kappa shape index (κ2) is 5.15. The molecule has 0 spiro atoms. The molecule has 1 aromatic carbocycles. The van der Waals surface area contributed by atoms with Gasteiger partial charge in [-0.3, -0.25) is 0 Å². The molecular formula is C13H17I. The molecule has 0 amide bonds. The van der Waals surface area contributed by atoms with Gasteiger partial charge in [-0.2, -0.15) is 0 Å². The molecule has 0 bridgehead atoms. The Labute approximate surface area is 100 Å². The van der Waals surface area contributed by atoms with Gasteiger partial charge in [-0.15, -0.1) is 0 Å². The van der Waals surface area contributed by atoms with Crippen LogP contribution >= 0.6 is 22.6 Å². The second-order valence-electron chi connectivity index (χ2n) is 4.21. The molecule has 0 heterocycles. The highest BCUT2D eigenvalue weighted by atomic mass is 127. The third kappa shape index (κ3) is 2.50. The summed E-state index contributed by atoms with van der Waals surface area (Å²) >= 11 is 2.42. The Morgan fingerprint density at radius 2 is 1.64 bits per heavy atom. The van der Waals surface area contributed by atoms with Crippen molar-refractivity contribution in [3.63, 3.8) is 0 Å². The SMILES string of the molecule is ICc1ccc(C2CCCCC2)cc1. The van der Waals surface area contributed by atoms with Gasteiger partial charge < -0.3 is 0 Å². The van der Waals surface area contributed by atoms with Gasteiger partial charge in [0.1, 0.15) is 0 Å². The number of hydrogen-bond acceptors (Lipinski definition) is 0. The molecule has 0 N–H and O–H groups in total. The summed E-state index contributed by atoms with van der Waals surface area (Å²) in [5.41, 5.74) is 3.02. The van der Waals surface area contributed by atoms with Gasteiger partial charge in [0, 0.05) is 4.43 Å². The summed E-state index contributed by atoms with van der Waals surface area (Å²) in [5.74, 6) is 0.854. The summed E-state index contributed by atoms with van der Waals surface area (Å²) in [7, 11) is 0. The zero-order chi connectivity index (χ0) is 9.80. The Kier molecular flexibility index (Phi) is 3.85. The number of benzene rings is 1. The lowest BCUT2D eigenvalue weighted by Crippen LogP contribution is -2.04. The van der Waals surface area contributed by atoms with Crippen molar-refractivity contribution in [1.82, 2.24) is 0 Å². The fourth-order valence-corrected chi connectivity index (χ4v) is 2.82. The summed E-state index contributed by atoms with van der Waals surface area (Å²) in [6, 6.07) is 9.25. The number of hydrogen-bond donors (Lipinski definition) is 0. The topological polar surface area (TPSA) is 0 Å². The molecule has 14 heavy (non-hydrogen) atoms. The predicted octanol–water partition coefficient (Wildman–Crippen LogP) is 4.67. The van der Waals surface area contributed by atoms with Crippen molar-refractivity contribution in [3.8, 4) is 0 Å². The predicted molar refractivity (Wildman–Crippen MR) is 70.0 cm³/mol. The van der Waals surface area contributed by atoms with Gasteiger partial charge >= 0.3 is 0 Å². The third-order valence-electron chi connectivity index (χ3n) is 3.21. The monoisotopic (exact) mass is 300 g/mol. The Bertz CT molecular complexity index is 270. The van der Waals surface area contributed by atoms with Crippen molar-refractivity contribution in [2.45, 2.75) is 42.4 Å². The molecule has 0 nitrogen and oxygen atoms in total. The number of halogens is 1. The Balaban J connectivity index is 2.07.